The number of esters is 1. The van der Waals surface area contributed by atoms with E-state index in [9.17, 15) is 4.79 Å². The summed E-state index contributed by atoms with van der Waals surface area (Å²) in [6, 6.07) is 13.6. The molecule has 0 amide bonds. The van der Waals surface area contributed by atoms with Crippen LogP contribution in [0.1, 0.15) is 10.7 Å². The van der Waals surface area contributed by atoms with Crippen molar-refractivity contribution in [2.24, 2.45) is 0 Å². The molecule has 19 heavy (non-hydrogen) atoms. The molecule has 4 nitrogen and oxygen atoms in total. The summed E-state index contributed by atoms with van der Waals surface area (Å²) >= 11 is 5.75. The Morgan fingerprint density at radius 1 is 1.11 bits per heavy atom. The van der Waals surface area contributed by atoms with Crippen molar-refractivity contribution in [2.45, 2.75) is 0 Å². The number of hydrogen-bond acceptors (Lipinski definition) is 4. The first-order valence-electron chi connectivity index (χ1n) is 5.56. The van der Waals surface area contributed by atoms with Crippen molar-refractivity contribution in [2.75, 3.05) is 0 Å². The van der Waals surface area contributed by atoms with Gasteiger partial charge in [0, 0.05) is 5.02 Å². The van der Waals surface area contributed by atoms with Crippen LogP contribution < -0.4 is 4.74 Å². The zero-order valence-corrected chi connectivity index (χ0v) is 10.4. The van der Waals surface area contributed by atoms with Crippen molar-refractivity contribution in [1.29, 1.82) is 0 Å². The lowest BCUT2D eigenvalue weighted by molar-refractivity contribution is 0.0695. The average Bonchev–Trinajstić information content (AvgIpc) is 2.85. The molecule has 0 saturated heterocycles. The summed E-state index contributed by atoms with van der Waals surface area (Å²) < 4.78 is 10.4. The molecule has 94 valence electrons. The van der Waals surface area contributed by atoms with Crippen LogP contribution in [0.4, 0.5) is 0 Å². The van der Waals surface area contributed by atoms with Gasteiger partial charge in [-0.3, -0.25) is 0 Å². The molecule has 0 saturated carbocycles. The molecule has 1 aromatic heterocycles. The quantitative estimate of drug-likeness (QED) is 0.528. The number of fused-ring (bicyclic) bond motifs is 1. The van der Waals surface area contributed by atoms with Gasteiger partial charge in [-0.25, -0.2) is 9.78 Å². The van der Waals surface area contributed by atoms with Gasteiger partial charge in [-0.05, 0) is 36.4 Å². The van der Waals surface area contributed by atoms with Crippen molar-refractivity contribution in [3.05, 3.63) is 59.4 Å². The van der Waals surface area contributed by atoms with Crippen molar-refractivity contribution in [3.63, 3.8) is 0 Å². The molecule has 0 aliphatic rings. The fraction of sp³-hybridized carbons (Fsp3) is 0. The van der Waals surface area contributed by atoms with E-state index < -0.39 is 5.97 Å². The molecule has 0 aliphatic carbocycles. The maximum atomic E-state index is 11.9. The number of benzene rings is 2. The topological polar surface area (TPSA) is 52.3 Å². The second-order valence-electron chi connectivity index (χ2n) is 3.83. The summed E-state index contributed by atoms with van der Waals surface area (Å²) in [5.74, 6) is -0.327. The molecular weight excluding hydrogens is 266 g/mol. The minimum Gasteiger partial charge on any atom is -0.431 e. The van der Waals surface area contributed by atoms with Gasteiger partial charge in [-0.15, -0.1) is 0 Å². The first kappa shape index (κ1) is 11.7. The number of para-hydroxylation sites is 2. The third-order valence-electron chi connectivity index (χ3n) is 2.49. The molecule has 0 radical (unpaired) electrons. The zero-order valence-electron chi connectivity index (χ0n) is 9.67. The number of rotatable bonds is 2. The van der Waals surface area contributed by atoms with E-state index >= 15 is 0 Å². The predicted molar refractivity (Wildman–Crippen MR) is 70.4 cm³/mol. The summed E-state index contributed by atoms with van der Waals surface area (Å²) in [6.07, 6.45) is 0. The second kappa shape index (κ2) is 4.74. The molecule has 5 heteroatoms. The lowest BCUT2D eigenvalue weighted by atomic mass is 10.3. The highest BCUT2D eigenvalue weighted by atomic mass is 35.5. The van der Waals surface area contributed by atoms with Gasteiger partial charge in [-0.2, -0.15) is 0 Å². The number of carbonyl (C=O) groups excluding carboxylic acids is 1. The Hall–Kier alpha value is -2.33. The van der Waals surface area contributed by atoms with E-state index in [1.165, 1.54) is 0 Å². The number of nitrogens with zero attached hydrogens (tertiary/aromatic N) is 1. The lowest BCUT2D eigenvalue weighted by Gasteiger charge is -2.00. The Morgan fingerprint density at radius 2 is 1.84 bits per heavy atom. The van der Waals surface area contributed by atoms with Crippen LogP contribution in [0.25, 0.3) is 11.1 Å². The molecule has 2 aromatic carbocycles. The Bertz CT molecular complexity index is 701. The molecule has 0 unspecified atom stereocenters. The molecule has 3 rings (SSSR count). The van der Waals surface area contributed by atoms with Gasteiger partial charge in [0.1, 0.15) is 11.3 Å². The number of aromatic nitrogens is 1. The monoisotopic (exact) mass is 273 g/mol. The first-order valence-corrected chi connectivity index (χ1v) is 5.93. The molecular formula is C14H8ClNO3. The third kappa shape index (κ3) is 2.44. The third-order valence-corrected chi connectivity index (χ3v) is 2.74. The minimum absolute atomic E-state index is 0.0730. The summed E-state index contributed by atoms with van der Waals surface area (Å²) in [6.45, 7) is 0. The highest BCUT2D eigenvalue weighted by molar-refractivity contribution is 6.30. The number of halogens is 1. The van der Waals surface area contributed by atoms with E-state index in [1.807, 2.05) is 12.1 Å². The fourth-order valence-electron chi connectivity index (χ4n) is 1.61. The number of ether oxygens (including phenoxy) is 1. The first-order chi connectivity index (χ1) is 9.22. The van der Waals surface area contributed by atoms with Crippen molar-refractivity contribution < 1.29 is 13.9 Å². The van der Waals surface area contributed by atoms with E-state index in [4.69, 9.17) is 20.8 Å². The standard InChI is InChI=1S/C14H8ClNO3/c15-9-5-7-10(8-6-9)18-14(17)13-16-11-3-1-2-4-12(11)19-13/h1-8H. The SMILES string of the molecule is O=C(Oc1ccc(Cl)cc1)c1nc2ccccc2o1. The Morgan fingerprint density at radius 3 is 2.58 bits per heavy atom. The summed E-state index contributed by atoms with van der Waals surface area (Å²) in [4.78, 5) is 15.9. The number of carbonyl (C=O) groups is 1. The molecule has 0 N–H and O–H groups in total. The van der Waals surface area contributed by atoms with Crippen LogP contribution in [0.15, 0.2) is 52.9 Å². The fourth-order valence-corrected chi connectivity index (χ4v) is 1.74. The van der Waals surface area contributed by atoms with Crippen molar-refractivity contribution in [3.8, 4) is 5.75 Å². The van der Waals surface area contributed by atoms with E-state index in [2.05, 4.69) is 4.98 Å². The molecule has 1 heterocycles. The van der Waals surface area contributed by atoms with E-state index in [-0.39, 0.29) is 5.89 Å². The van der Waals surface area contributed by atoms with Gasteiger partial charge < -0.3 is 9.15 Å². The molecule has 3 aromatic rings. The van der Waals surface area contributed by atoms with Crippen LogP contribution >= 0.6 is 11.6 Å². The van der Waals surface area contributed by atoms with Gasteiger partial charge in [0.25, 0.3) is 0 Å². The number of hydrogen-bond donors (Lipinski definition) is 0. The van der Waals surface area contributed by atoms with Crippen LogP contribution in [0.5, 0.6) is 5.75 Å². The van der Waals surface area contributed by atoms with E-state index in [0.29, 0.717) is 21.9 Å². The summed E-state index contributed by atoms with van der Waals surface area (Å²) in [7, 11) is 0. The highest BCUT2D eigenvalue weighted by Crippen LogP contribution is 2.19. The molecule has 0 fully saturated rings. The van der Waals surface area contributed by atoms with Crippen molar-refractivity contribution in [1.82, 2.24) is 4.98 Å². The van der Waals surface area contributed by atoms with Crippen LogP contribution in [0, 0.1) is 0 Å². The summed E-state index contributed by atoms with van der Waals surface area (Å²) in [5.41, 5.74) is 1.16. The number of oxazole rings is 1. The van der Waals surface area contributed by atoms with E-state index in [0.717, 1.165) is 0 Å². The van der Waals surface area contributed by atoms with Crippen LogP contribution in [-0.2, 0) is 0 Å². The summed E-state index contributed by atoms with van der Waals surface area (Å²) in [5, 5.41) is 0.571. The van der Waals surface area contributed by atoms with Crippen LogP contribution in [0.2, 0.25) is 5.02 Å². The van der Waals surface area contributed by atoms with Gasteiger partial charge >= 0.3 is 11.9 Å². The lowest BCUT2D eigenvalue weighted by Crippen LogP contribution is -2.08. The second-order valence-corrected chi connectivity index (χ2v) is 4.27. The van der Waals surface area contributed by atoms with Gasteiger partial charge in [0.15, 0.2) is 5.58 Å². The Labute approximate surface area is 113 Å². The maximum absolute atomic E-state index is 11.9. The normalized spacial score (nSPS) is 10.6. The van der Waals surface area contributed by atoms with Crippen LogP contribution in [-0.4, -0.2) is 11.0 Å². The Kier molecular flexibility index (Phi) is 2.93. The minimum atomic E-state index is -0.640. The maximum Gasteiger partial charge on any atom is 0.400 e. The highest BCUT2D eigenvalue weighted by Gasteiger charge is 2.16. The largest absolute Gasteiger partial charge is 0.431 e. The van der Waals surface area contributed by atoms with Gasteiger partial charge in [-0.1, -0.05) is 23.7 Å². The Balaban J connectivity index is 1.85. The van der Waals surface area contributed by atoms with Crippen LogP contribution in [0.3, 0.4) is 0 Å². The predicted octanol–water partition coefficient (Wildman–Crippen LogP) is 3.70. The molecule has 0 spiro atoms. The van der Waals surface area contributed by atoms with Gasteiger partial charge in [0.05, 0.1) is 0 Å². The molecule has 0 bridgehead atoms. The molecule has 0 atom stereocenters. The zero-order chi connectivity index (χ0) is 13.2. The smallest absolute Gasteiger partial charge is 0.400 e. The molecule has 0 aliphatic heterocycles. The van der Waals surface area contributed by atoms with Crippen molar-refractivity contribution >= 4 is 28.7 Å². The van der Waals surface area contributed by atoms with Gasteiger partial charge in [0.2, 0.25) is 0 Å². The average molecular weight is 274 g/mol. The van der Waals surface area contributed by atoms with E-state index in [1.54, 1.807) is 36.4 Å².